The van der Waals surface area contributed by atoms with Gasteiger partial charge in [0.1, 0.15) is 0 Å². The third-order valence-electron chi connectivity index (χ3n) is 2.50. The molecule has 6 nitrogen and oxygen atoms in total. The van der Waals surface area contributed by atoms with Gasteiger partial charge >= 0.3 is 5.69 Å². The van der Waals surface area contributed by atoms with E-state index in [0.29, 0.717) is 6.54 Å². The number of aryl methyl sites for hydroxylation is 1. The fourth-order valence-electron chi connectivity index (χ4n) is 1.62. The summed E-state index contributed by atoms with van der Waals surface area (Å²) in [6.45, 7) is 2.08. The summed E-state index contributed by atoms with van der Waals surface area (Å²) >= 11 is 0. The van der Waals surface area contributed by atoms with Crippen LogP contribution in [0.25, 0.3) is 0 Å². The molecule has 0 aromatic carbocycles. The molecule has 17 heavy (non-hydrogen) atoms. The van der Waals surface area contributed by atoms with Gasteiger partial charge in [0.15, 0.2) is 0 Å². The second-order valence-electron chi connectivity index (χ2n) is 4.23. The predicted molar refractivity (Wildman–Crippen MR) is 67.2 cm³/mol. The van der Waals surface area contributed by atoms with E-state index in [2.05, 4.69) is 4.90 Å². The van der Waals surface area contributed by atoms with E-state index < -0.39 is 0 Å². The zero-order chi connectivity index (χ0) is 12.8. The lowest BCUT2D eigenvalue weighted by atomic mass is 10.4. The lowest BCUT2D eigenvalue weighted by Gasteiger charge is -2.11. The van der Waals surface area contributed by atoms with E-state index in [0.717, 1.165) is 13.0 Å². The highest BCUT2D eigenvalue weighted by molar-refractivity contribution is 4.86. The lowest BCUT2D eigenvalue weighted by molar-refractivity contribution is 0.381. The summed E-state index contributed by atoms with van der Waals surface area (Å²) in [6, 6.07) is 1.41. The molecular formula is C11H20N4O2. The average molecular weight is 240 g/mol. The fourth-order valence-corrected chi connectivity index (χ4v) is 1.62. The first-order chi connectivity index (χ1) is 8.06. The van der Waals surface area contributed by atoms with Crippen molar-refractivity contribution in [2.75, 3.05) is 27.2 Å². The molecular weight excluding hydrogens is 220 g/mol. The first-order valence-electron chi connectivity index (χ1n) is 5.71. The zero-order valence-corrected chi connectivity index (χ0v) is 10.4. The highest BCUT2D eigenvalue weighted by atomic mass is 16.2. The van der Waals surface area contributed by atoms with Crippen LogP contribution in [0, 0.1) is 0 Å². The maximum atomic E-state index is 11.9. The molecule has 0 amide bonds. The molecule has 96 valence electrons. The van der Waals surface area contributed by atoms with Crippen LogP contribution >= 0.6 is 0 Å². The van der Waals surface area contributed by atoms with Gasteiger partial charge < -0.3 is 15.2 Å². The Morgan fingerprint density at radius 2 is 2.00 bits per heavy atom. The van der Waals surface area contributed by atoms with E-state index in [4.69, 9.17) is 5.73 Å². The molecule has 0 aliphatic carbocycles. The molecule has 1 aromatic rings. The van der Waals surface area contributed by atoms with Crippen molar-refractivity contribution in [3.63, 3.8) is 0 Å². The van der Waals surface area contributed by atoms with Crippen LogP contribution in [0.1, 0.15) is 6.42 Å². The normalized spacial score (nSPS) is 11.1. The third-order valence-corrected chi connectivity index (χ3v) is 2.50. The zero-order valence-electron chi connectivity index (χ0n) is 10.4. The van der Waals surface area contributed by atoms with Gasteiger partial charge in [-0.3, -0.25) is 9.36 Å². The average Bonchev–Trinajstić information content (AvgIpc) is 2.27. The molecule has 1 aromatic heterocycles. The summed E-state index contributed by atoms with van der Waals surface area (Å²) in [4.78, 5) is 25.4. The minimum Gasteiger partial charge on any atom is -0.329 e. The van der Waals surface area contributed by atoms with E-state index in [9.17, 15) is 9.59 Å². The molecule has 0 aliphatic heterocycles. The molecule has 0 saturated carbocycles. The number of nitrogens with zero attached hydrogens (tertiary/aromatic N) is 3. The Hall–Kier alpha value is -1.40. The van der Waals surface area contributed by atoms with E-state index in [-0.39, 0.29) is 24.3 Å². The Morgan fingerprint density at radius 3 is 2.59 bits per heavy atom. The Bertz CT molecular complexity index is 461. The number of aromatic nitrogens is 2. The van der Waals surface area contributed by atoms with Crippen molar-refractivity contribution < 1.29 is 0 Å². The SMILES string of the molecule is CN(C)CCCn1ccc(=O)n(CCN)c1=O. The van der Waals surface area contributed by atoms with E-state index in [1.54, 1.807) is 10.8 Å². The Labute approximate surface area is 100 Å². The van der Waals surface area contributed by atoms with Crippen molar-refractivity contribution in [3.05, 3.63) is 33.1 Å². The van der Waals surface area contributed by atoms with Crippen molar-refractivity contribution in [2.45, 2.75) is 19.5 Å². The van der Waals surface area contributed by atoms with E-state index in [1.807, 2.05) is 14.1 Å². The Balaban J connectivity index is 2.84. The first kappa shape index (κ1) is 13.7. The number of hydrogen-bond acceptors (Lipinski definition) is 4. The molecule has 6 heteroatoms. The van der Waals surface area contributed by atoms with Gasteiger partial charge in [-0.2, -0.15) is 0 Å². The summed E-state index contributed by atoms with van der Waals surface area (Å²) in [6.07, 6.45) is 2.42. The van der Waals surface area contributed by atoms with Crippen LogP contribution < -0.4 is 17.0 Å². The summed E-state index contributed by atoms with van der Waals surface area (Å²) in [5.41, 5.74) is 4.81. The van der Waals surface area contributed by atoms with Crippen LogP contribution in [0.5, 0.6) is 0 Å². The van der Waals surface area contributed by atoms with E-state index >= 15 is 0 Å². The van der Waals surface area contributed by atoms with Crippen molar-refractivity contribution in [3.8, 4) is 0 Å². The molecule has 1 heterocycles. The summed E-state index contributed by atoms with van der Waals surface area (Å²) in [5, 5.41) is 0. The number of rotatable bonds is 6. The monoisotopic (exact) mass is 240 g/mol. The van der Waals surface area contributed by atoms with Crippen molar-refractivity contribution >= 4 is 0 Å². The molecule has 2 N–H and O–H groups in total. The highest BCUT2D eigenvalue weighted by Gasteiger charge is 2.03. The number of nitrogens with two attached hydrogens (primary N) is 1. The van der Waals surface area contributed by atoms with Crippen molar-refractivity contribution in [1.29, 1.82) is 0 Å². The van der Waals surface area contributed by atoms with Crippen LogP contribution in [0.4, 0.5) is 0 Å². The molecule has 0 fully saturated rings. The highest BCUT2D eigenvalue weighted by Crippen LogP contribution is 1.88. The van der Waals surface area contributed by atoms with Crippen molar-refractivity contribution in [1.82, 2.24) is 14.0 Å². The van der Waals surface area contributed by atoms with Crippen LogP contribution in [-0.2, 0) is 13.1 Å². The van der Waals surface area contributed by atoms with Crippen LogP contribution in [0.15, 0.2) is 21.9 Å². The quantitative estimate of drug-likeness (QED) is 0.686. The summed E-state index contributed by atoms with van der Waals surface area (Å²) in [5.74, 6) is 0. The molecule has 0 bridgehead atoms. The van der Waals surface area contributed by atoms with Gasteiger partial charge in [0.2, 0.25) is 0 Å². The van der Waals surface area contributed by atoms with Crippen molar-refractivity contribution in [2.24, 2.45) is 5.73 Å². The fraction of sp³-hybridized carbons (Fsp3) is 0.636. The number of hydrogen-bond donors (Lipinski definition) is 1. The van der Waals surface area contributed by atoms with Gasteiger partial charge in [0, 0.05) is 31.9 Å². The van der Waals surface area contributed by atoms with Gasteiger partial charge in [-0.15, -0.1) is 0 Å². The second-order valence-corrected chi connectivity index (χ2v) is 4.23. The Morgan fingerprint density at radius 1 is 1.29 bits per heavy atom. The third kappa shape index (κ3) is 3.83. The van der Waals surface area contributed by atoms with Crippen LogP contribution in [-0.4, -0.2) is 41.2 Å². The van der Waals surface area contributed by atoms with Crippen LogP contribution in [0.3, 0.4) is 0 Å². The molecule has 0 atom stereocenters. The lowest BCUT2D eigenvalue weighted by Crippen LogP contribution is -2.40. The van der Waals surface area contributed by atoms with Gasteiger partial charge in [-0.25, -0.2) is 4.79 Å². The molecule has 0 saturated heterocycles. The van der Waals surface area contributed by atoms with Crippen LogP contribution in [0.2, 0.25) is 0 Å². The minimum atomic E-state index is -0.288. The second kappa shape index (κ2) is 6.36. The van der Waals surface area contributed by atoms with Gasteiger partial charge in [0.25, 0.3) is 5.56 Å². The van der Waals surface area contributed by atoms with E-state index in [1.165, 1.54) is 10.6 Å². The largest absolute Gasteiger partial charge is 0.331 e. The molecule has 0 spiro atoms. The smallest absolute Gasteiger partial charge is 0.329 e. The first-order valence-corrected chi connectivity index (χ1v) is 5.71. The molecule has 0 radical (unpaired) electrons. The molecule has 1 rings (SSSR count). The Kier molecular flexibility index (Phi) is 5.11. The maximum Gasteiger partial charge on any atom is 0.331 e. The standard InChI is InChI=1S/C11H20N4O2/c1-13(2)6-3-7-14-8-4-10(16)15(9-5-12)11(14)17/h4,8H,3,5-7,9,12H2,1-2H3. The maximum absolute atomic E-state index is 11.9. The van der Waals surface area contributed by atoms with Gasteiger partial charge in [-0.1, -0.05) is 0 Å². The topological polar surface area (TPSA) is 73.3 Å². The minimum absolute atomic E-state index is 0.270. The molecule has 0 unspecified atom stereocenters. The molecule has 0 aliphatic rings. The summed E-state index contributed by atoms with van der Waals surface area (Å²) in [7, 11) is 3.97. The van der Waals surface area contributed by atoms with Gasteiger partial charge in [-0.05, 0) is 27.1 Å². The summed E-state index contributed by atoms with van der Waals surface area (Å²) < 4.78 is 2.73. The van der Waals surface area contributed by atoms with Gasteiger partial charge in [0.05, 0.1) is 0 Å². The predicted octanol–water partition coefficient (Wildman–Crippen LogP) is -1.08.